The summed E-state index contributed by atoms with van der Waals surface area (Å²) in [5, 5.41) is 0. The van der Waals surface area contributed by atoms with E-state index in [1.165, 1.54) is 0 Å². The van der Waals surface area contributed by atoms with Crippen molar-refractivity contribution in [2.75, 3.05) is 24.5 Å². The average Bonchev–Trinajstić information content (AvgIpc) is 2.80. The Bertz CT molecular complexity index is 813. The highest BCUT2D eigenvalue weighted by Gasteiger charge is 2.44. The molecule has 0 N–H and O–H groups in total. The molecule has 0 spiro atoms. The number of nitrogens with zero attached hydrogens (tertiary/aromatic N) is 3. The fourth-order valence-corrected chi connectivity index (χ4v) is 5.35. The van der Waals surface area contributed by atoms with E-state index in [1.807, 2.05) is 24.0 Å². The first-order chi connectivity index (χ1) is 13.9. The highest BCUT2D eigenvalue weighted by Crippen LogP contribution is 2.34. The third kappa shape index (κ3) is 3.53. The van der Waals surface area contributed by atoms with Gasteiger partial charge in [0.15, 0.2) is 0 Å². The lowest BCUT2D eigenvalue weighted by Gasteiger charge is -2.40. The Balaban J connectivity index is 1.70. The summed E-state index contributed by atoms with van der Waals surface area (Å²) in [6.07, 6.45) is 3.62. The molecule has 29 heavy (non-hydrogen) atoms. The zero-order chi connectivity index (χ0) is 20.7. The molecule has 2 fully saturated rings. The smallest absolute Gasteiger partial charge is 0.256 e. The number of fused-ring (bicyclic) bond motifs is 2. The van der Waals surface area contributed by atoms with Crippen LogP contribution in [0.3, 0.4) is 0 Å². The summed E-state index contributed by atoms with van der Waals surface area (Å²) in [6, 6.07) is 6.13. The van der Waals surface area contributed by atoms with Gasteiger partial charge in [0.2, 0.25) is 5.91 Å². The van der Waals surface area contributed by atoms with Crippen molar-refractivity contribution >= 4 is 23.4 Å². The first-order valence-electron chi connectivity index (χ1n) is 10.9. The maximum Gasteiger partial charge on any atom is 0.256 e. The number of hydrogen-bond donors (Lipinski definition) is 0. The fourth-order valence-electron chi connectivity index (χ4n) is 5.35. The molecule has 1 aromatic rings. The second-order valence-corrected chi connectivity index (χ2v) is 9.10. The molecule has 0 saturated carbocycles. The quantitative estimate of drug-likeness (QED) is 0.771. The Labute approximate surface area is 172 Å². The number of benzene rings is 1. The van der Waals surface area contributed by atoms with Crippen molar-refractivity contribution in [1.82, 2.24) is 9.80 Å². The van der Waals surface area contributed by atoms with E-state index < -0.39 is 12.1 Å². The molecule has 3 aliphatic rings. The molecule has 3 heterocycles. The van der Waals surface area contributed by atoms with Crippen molar-refractivity contribution < 1.29 is 14.4 Å². The molecule has 1 aromatic carbocycles. The summed E-state index contributed by atoms with van der Waals surface area (Å²) in [5.41, 5.74) is 1.08. The van der Waals surface area contributed by atoms with E-state index in [2.05, 4.69) is 13.8 Å². The zero-order valence-electron chi connectivity index (χ0n) is 17.6. The Hall–Kier alpha value is -2.37. The lowest BCUT2D eigenvalue weighted by Crippen LogP contribution is -2.57. The number of para-hydroxylation sites is 1. The topological polar surface area (TPSA) is 60.9 Å². The van der Waals surface area contributed by atoms with Crippen molar-refractivity contribution in [1.29, 1.82) is 0 Å². The molecule has 0 radical (unpaired) electrons. The standard InChI is InChI=1S/C23H31N3O3/c1-15-12-16(2)14-24(13-15)21(27)17(3)26-19-9-5-4-8-18(19)22(28)25-11-7-6-10-20(25)23(26)29/h4-5,8-9,15-17,20H,6-7,10-14H2,1-3H3/t15-,16+,17-,20-/m1/s1. The van der Waals surface area contributed by atoms with Gasteiger partial charge in [-0.1, -0.05) is 26.0 Å². The van der Waals surface area contributed by atoms with Gasteiger partial charge in [-0.25, -0.2) is 0 Å². The van der Waals surface area contributed by atoms with Crippen LogP contribution in [0.4, 0.5) is 5.69 Å². The second kappa shape index (κ2) is 7.81. The van der Waals surface area contributed by atoms with Crippen LogP contribution in [-0.4, -0.2) is 59.2 Å². The van der Waals surface area contributed by atoms with Crippen molar-refractivity contribution in [2.24, 2.45) is 11.8 Å². The first kappa shape index (κ1) is 19.9. The summed E-state index contributed by atoms with van der Waals surface area (Å²) in [4.78, 5) is 45.5. The normalized spacial score (nSPS) is 28.5. The van der Waals surface area contributed by atoms with E-state index in [9.17, 15) is 14.4 Å². The molecule has 4 rings (SSSR count). The summed E-state index contributed by atoms with van der Waals surface area (Å²) in [5.74, 6) is 0.668. The summed E-state index contributed by atoms with van der Waals surface area (Å²) < 4.78 is 0. The fraction of sp³-hybridized carbons (Fsp3) is 0.609. The van der Waals surface area contributed by atoms with E-state index in [0.717, 1.165) is 32.4 Å². The van der Waals surface area contributed by atoms with Crippen LogP contribution in [0.15, 0.2) is 24.3 Å². The van der Waals surface area contributed by atoms with E-state index in [-0.39, 0.29) is 17.7 Å². The molecule has 156 valence electrons. The summed E-state index contributed by atoms with van der Waals surface area (Å²) in [7, 11) is 0. The Morgan fingerprint density at radius 2 is 1.76 bits per heavy atom. The highest BCUT2D eigenvalue weighted by atomic mass is 16.2. The molecule has 0 unspecified atom stereocenters. The van der Waals surface area contributed by atoms with Crippen molar-refractivity contribution in [3.8, 4) is 0 Å². The minimum atomic E-state index is -0.629. The van der Waals surface area contributed by atoms with Crippen LogP contribution in [0.2, 0.25) is 0 Å². The summed E-state index contributed by atoms with van der Waals surface area (Å²) >= 11 is 0. The molecular weight excluding hydrogens is 366 g/mol. The van der Waals surface area contributed by atoms with Crippen molar-refractivity contribution in [3.05, 3.63) is 29.8 Å². The molecule has 4 atom stereocenters. The lowest BCUT2D eigenvalue weighted by molar-refractivity contribution is -0.137. The molecule has 0 aromatic heterocycles. The Morgan fingerprint density at radius 1 is 1.07 bits per heavy atom. The van der Waals surface area contributed by atoms with Gasteiger partial charge in [-0.05, 0) is 56.6 Å². The van der Waals surface area contributed by atoms with Crippen LogP contribution in [-0.2, 0) is 9.59 Å². The van der Waals surface area contributed by atoms with E-state index >= 15 is 0 Å². The van der Waals surface area contributed by atoms with Gasteiger partial charge in [0, 0.05) is 19.6 Å². The van der Waals surface area contributed by atoms with Crippen LogP contribution in [0, 0.1) is 11.8 Å². The van der Waals surface area contributed by atoms with Gasteiger partial charge in [0.25, 0.3) is 11.8 Å². The number of carbonyl (C=O) groups is 3. The van der Waals surface area contributed by atoms with Crippen molar-refractivity contribution in [3.63, 3.8) is 0 Å². The number of likely N-dealkylation sites (tertiary alicyclic amines) is 1. The number of piperidine rings is 2. The second-order valence-electron chi connectivity index (χ2n) is 9.10. The average molecular weight is 398 g/mol. The van der Waals surface area contributed by atoms with Crippen LogP contribution in [0.1, 0.15) is 56.8 Å². The number of rotatable bonds is 2. The number of hydrogen-bond acceptors (Lipinski definition) is 3. The maximum atomic E-state index is 13.6. The van der Waals surface area contributed by atoms with Crippen LogP contribution in [0.5, 0.6) is 0 Å². The largest absolute Gasteiger partial charge is 0.340 e. The Morgan fingerprint density at radius 3 is 2.48 bits per heavy atom. The van der Waals surface area contributed by atoms with Gasteiger partial charge in [0.1, 0.15) is 12.1 Å². The van der Waals surface area contributed by atoms with Crippen LogP contribution >= 0.6 is 0 Å². The van der Waals surface area contributed by atoms with E-state index in [1.54, 1.807) is 21.9 Å². The molecule has 0 aliphatic carbocycles. The molecule has 3 aliphatic heterocycles. The number of anilines is 1. The van der Waals surface area contributed by atoms with Gasteiger partial charge in [-0.15, -0.1) is 0 Å². The van der Waals surface area contributed by atoms with Gasteiger partial charge in [-0.3, -0.25) is 19.3 Å². The SMILES string of the molecule is C[C@@H]1C[C@H](C)CN(C(=O)[C@@H](C)N2C(=O)[C@H]3CCCCN3C(=O)c3ccccc32)C1. The van der Waals surface area contributed by atoms with Crippen molar-refractivity contribution in [2.45, 2.75) is 58.5 Å². The van der Waals surface area contributed by atoms with Gasteiger partial charge in [-0.2, -0.15) is 0 Å². The molecule has 6 heteroatoms. The van der Waals surface area contributed by atoms with E-state index in [4.69, 9.17) is 0 Å². The minimum Gasteiger partial charge on any atom is -0.340 e. The molecular formula is C23H31N3O3. The molecule has 6 nitrogen and oxygen atoms in total. The number of carbonyl (C=O) groups excluding carboxylic acids is 3. The first-order valence-corrected chi connectivity index (χ1v) is 10.9. The van der Waals surface area contributed by atoms with Gasteiger partial charge >= 0.3 is 0 Å². The molecule has 2 saturated heterocycles. The van der Waals surface area contributed by atoms with Crippen LogP contribution < -0.4 is 4.90 Å². The van der Waals surface area contributed by atoms with Gasteiger partial charge in [0.05, 0.1) is 11.3 Å². The summed E-state index contributed by atoms with van der Waals surface area (Å²) in [6.45, 7) is 8.21. The third-order valence-corrected chi connectivity index (χ3v) is 6.61. The monoisotopic (exact) mass is 397 g/mol. The predicted octanol–water partition coefficient (Wildman–Crippen LogP) is 2.92. The molecule has 0 bridgehead atoms. The minimum absolute atomic E-state index is 0.0248. The van der Waals surface area contributed by atoms with Crippen LogP contribution in [0.25, 0.3) is 0 Å². The molecule has 3 amide bonds. The predicted molar refractivity (Wildman–Crippen MR) is 112 cm³/mol. The van der Waals surface area contributed by atoms with E-state index in [0.29, 0.717) is 36.1 Å². The maximum absolute atomic E-state index is 13.6. The number of amides is 3. The highest BCUT2D eigenvalue weighted by molar-refractivity contribution is 6.13. The lowest BCUT2D eigenvalue weighted by atomic mass is 9.91. The Kier molecular flexibility index (Phi) is 5.36. The third-order valence-electron chi connectivity index (χ3n) is 6.61. The zero-order valence-corrected chi connectivity index (χ0v) is 17.6. The van der Waals surface area contributed by atoms with Gasteiger partial charge < -0.3 is 9.80 Å².